The Balaban J connectivity index is 2.38. The monoisotopic (exact) mass is 399 g/mol. The third-order valence-corrected chi connectivity index (χ3v) is 4.63. The van der Waals surface area contributed by atoms with Gasteiger partial charge >= 0.3 is 0 Å². The molecule has 0 aromatic heterocycles. The second kappa shape index (κ2) is 10.4. The van der Waals surface area contributed by atoms with Crippen LogP contribution in [0.1, 0.15) is 52.0 Å². The van der Waals surface area contributed by atoms with Crippen LogP contribution in [-0.4, -0.2) is 34.2 Å². The van der Waals surface area contributed by atoms with Gasteiger partial charge in [0.1, 0.15) is 11.3 Å². The maximum absolute atomic E-state index is 13.0. The minimum atomic E-state index is -1.06. The first-order chi connectivity index (χ1) is 13.9. The quantitative estimate of drug-likeness (QED) is 0.227. The molecule has 0 aliphatic carbocycles. The number of nitrogens with two attached hydrogens (primary N) is 2. The lowest BCUT2D eigenvalue weighted by atomic mass is 9.90. The maximum atomic E-state index is 13.0. The third kappa shape index (κ3) is 5.69. The molecule has 0 bridgehead atoms. The Morgan fingerprint density at radius 2 is 1.72 bits per heavy atom. The van der Waals surface area contributed by atoms with Gasteiger partial charge < -0.3 is 16.6 Å². The number of ketones is 2. The number of nitrogens with zero attached hydrogens (tertiary/aromatic N) is 1. The van der Waals surface area contributed by atoms with Crippen LogP contribution >= 0.6 is 0 Å². The van der Waals surface area contributed by atoms with Gasteiger partial charge in [0.2, 0.25) is 0 Å². The highest BCUT2D eigenvalue weighted by molar-refractivity contribution is 6.14. The zero-order valence-electron chi connectivity index (χ0n) is 16.0. The van der Waals surface area contributed by atoms with E-state index in [-0.39, 0.29) is 24.0 Å². The summed E-state index contributed by atoms with van der Waals surface area (Å²) in [5.74, 6) is -1.77. The normalized spacial score (nSPS) is 11.8. The van der Waals surface area contributed by atoms with Gasteiger partial charge in [0.15, 0.2) is 11.6 Å². The number of phenolic OH excluding ortho intramolecular Hbond substituents is 1. The number of carbonyl (C=O) groups excluding carboxylic acids is 2. The summed E-state index contributed by atoms with van der Waals surface area (Å²) in [5, 5.41) is 21.7. The lowest BCUT2D eigenvalue weighted by molar-refractivity contribution is -0.385. The molecule has 8 heteroatoms. The van der Waals surface area contributed by atoms with Crippen LogP contribution in [-0.2, 0) is 6.42 Å². The molecule has 0 amide bonds. The summed E-state index contributed by atoms with van der Waals surface area (Å²) in [6.45, 7) is 0.485. The van der Waals surface area contributed by atoms with Crippen molar-refractivity contribution < 1.29 is 19.6 Å². The Hall–Kier alpha value is -3.10. The number of carbonyl (C=O) groups is 2. The van der Waals surface area contributed by atoms with E-state index in [0.717, 1.165) is 24.1 Å². The number of nitro groups is 1. The molecule has 8 nitrogen and oxygen atoms in total. The first kappa shape index (κ1) is 22.2. The molecular weight excluding hydrogens is 374 g/mol. The first-order valence-electron chi connectivity index (χ1n) is 9.44. The van der Waals surface area contributed by atoms with Gasteiger partial charge in [0, 0.05) is 12.5 Å². The smallest absolute Gasteiger partial charge is 0.281 e. The SMILES string of the molecule is NCCCCCC(=O)c1c([N+](=O)[O-])ccc(O)c1C(=O)[C@H](N)Cc1ccccc1. The fourth-order valence-electron chi connectivity index (χ4n) is 3.14. The summed E-state index contributed by atoms with van der Waals surface area (Å²) in [6, 6.07) is 10.0. The third-order valence-electron chi connectivity index (χ3n) is 4.63. The molecule has 0 aliphatic heterocycles. The molecule has 154 valence electrons. The molecule has 0 saturated heterocycles. The van der Waals surface area contributed by atoms with E-state index in [4.69, 9.17) is 11.5 Å². The molecule has 0 unspecified atom stereocenters. The standard InChI is InChI=1S/C21H25N3O5/c22-12-6-2-5-9-17(25)19-16(24(28)29)10-11-18(26)20(19)21(27)15(23)13-14-7-3-1-4-8-14/h1,3-4,7-8,10-11,15,26H,2,5-6,9,12-13,22-23H2/t15-/m1/s1. The molecule has 5 N–H and O–H groups in total. The number of rotatable bonds is 11. The predicted molar refractivity (Wildman–Crippen MR) is 109 cm³/mol. The topological polar surface area (TPSA) is 150 Å². The van der Waals surface area contributed by atoms with Crippen LogP contribution in [0.25, 0.3) is 0 Å². The van der Waals surface area contributed by atoms with Crippen molar-refractivity contribution >= 4 is 17.3 Å². The number of Topliss-reactive ketones (excluding diaryl/α,β-unsaturated/α-hetero) is 2. The maximum Gasteiger partial charge on any atom is 0.281 e. The average molecular weight is 399 g/mol. The van der Waals surface area contributed by atoms with Gasteiger partial charge in [-0.15, -0.1) is 0 Å². The van der Waals surface area contributed by atoms with Crippen molar-refractivity contribution in [3.63, 3.8) is 0 Å². The van der Waals surface area contributed by atoms with Crippen LogP contribution in [0.5, 0.6) is 5.75 Å². The molecule has 2 aromatic rings. The molecule has 0 heterocycles. The predicted octanol–water partition coefficient (Wildman–Crippen LogP) is 2.75. The molecule has 1 atom stereocenters. The zero-order chi connectivity index (χ0) is 21.4. The lowest BCUT2D eigenvalue weighted by Gasteiger charge is -2.15. The number of phenols is 1. The molecule has 0 spiro atoms. The summed E-state index contributed by atoms with van der Waals surface area (Å²) in [4.78, 5) is 36.5. The average Bonchev–Trinajstić information content (AvgIpc) is 2.70. The van der Waals surface area contributed by atoms with Crippen LogP contribution in [0.15, 0.2) is 42.5 Å². The van der Waals surface area contributed by atoms with E-state index in [1.54, 1.807) is 24.3 Å². The fourth-order valence-corrected chi connectivity index (χ4v) is 3.14. The second-order valence-electron chi connectivity index (χ2n) is 6.79. The number of hydrogen-bond acceptors (Lipinski definition) is 7. The van der Waals surface area contributed by atoms with Crippen LogP contribution < -0.4 is 11.5 Å². The van der Waals surface area contributed by atoms with Crippen molar-refractivity contribution in [1.82, 2.24) is 0 Å². The molecule has 2 aromatic carbocycles. The van der Waals surface area contributed by atoms with Crippen molar-refractivity contribution in [3.8, 4) is 5.75 Å². The van der Waals surface area contributed by atoms with Crippen molar-refractivity contribution in [3.05, 3.63) is 69.3 Å². The minimum absolute atomic E-state index is 0.0124. The van der Waals surface area contributed by atoms with Crippen molar-refractivity contribution in [2.45, 2.75) is 38.1 Å². The van der Waals surface area contributed by atoms with Crippen LogP contribution in [0.4, 0.5) is 5.69 Å². The summed E-state index contributed by atoms with van der Waals surface area (Å²) in [5.41, 5.74) is 11.0. The Labute approximate surface area is 168 Å². The van der Waals surface area contributed by atoms with Crippen LogP contribution in [0.3, 0.4) is 0 Å². The molecule has 0 aliphatic rings. The van der Waals surface area contributed by atoms with Crippen molar-refractivity contribution in [2.24, 2.45) is 11.5 Å². The Bertz CT molecular complexity index is 883. The van der Waals surface area contributed by atoms with Gasteiger partial charge in [-0.2, -0.15) is 0 Å². The summed E-state index contributed by atoms with van der Waals surface area (Å²) < 4.78 is 0. The zero-order valence-corrected chi connectivity index (χ0v) is 16.0. The van der Waals surface area contributed by atoms with E-state index < -0.39 is 34.0 Å². The van der Waals surface area contributed by atoms with Gasteiger partial charge in [-0.3, -0.25) is 19.7 Å². The van der Waals surface area contributed by atoms with Gasteiger partial charge in [-0.25, -0.2) is 0 Å². The number of nitro benzene ring substituents is 1. The highest BCUT2D eigenvalue weighted by Crippen LogP contribution is 2.32. The molecule has 0 fully saturated rings. The van der Waals surface area contributed by atoms with E-state index in [2.05, 4.69) is 0 Å². The summed E-state index contributed by atoms with van der Waals surface area (Å²) >= 11 is 0. The van der Waals surface area contributed by atoms with Crippen LogP contribution in [0, 0.1) is 10.1 Å². The second-order valence-corrected chi connectivity index (χ2v) is 6.79. The molecule has 0 radical (unpaired) electrons. The van der Waals surface area contributed by atoms with E-state index in [1.807, 2.05) is 6.07 Å². The number of aromatic hydroxyl groups is 1. The van der Waals surface area contributed by atoms with E-state index in [1.165, 1.54) is 0 Å². The van der Waals surface area contributed by atoms with Crippen molar-refractivity contribution in [1.29, 1.82) is 0 Å². The Kier molecular flexibility index (Phi) is 7.99. The number of hydrogen-bond donors (Lipinski definition) is 3. The summed E-state index contributed by atoms with van der Waals surface area (Å²) in [6.07, 6.45) is 2.08. The largest absolute Gasteiger partial charge is 0.507 e. The van der Waals surface area contributed by atoms with Gasteiger partial charge in [-0.1, -0.05) is 36.8 Å². The number of unbranched alkanes of at least 4 members (excludes halogenated alkanes) is 2. The van der Waals surface area contributed by atoms with E-state index in [9.17, 15) is 24.8 Å². The molecule has 29 heavy (non-hydrogen) atoms. The first-order valence-corrected chi connectivity index (χ1v) is 9.44. The fraction of sp³-hybridized carbons (Fsp3) is 0.333. The Morgan fingerprint density at radius 1 is 1.03 bits per heavy atom. The van der Waals surface area contributed by atoms with E-state index >= 15 is 0 Å². The molecule has 2 rings (SSSR count). The van der Waals surface area contributed by atoms with Crippen LogP contribution in [0.2, 0.25) is 0 Å². The highest BCUT2D eigenvalue weighted by atomic mass is 16.6. The lowest BCUT2D eigenvalue weighted by Crippen LogP contribution is -2.34. The van der Waals surface area contributed by atoms with Crippen molar-refractivity contribution in [2.75, 3.05) is 6.54 Å². The van der Waals surface area contributed by atoms with Gasteiger partial charge in [0.25, 0.3) is 5.69 Å². The van der Waals surface area contributed by atoms with E-state index in [0.29, 0.717) is 19.4 Å². The van der Waals surface area contributed by atoms with Gasteiger partial charge in [-0.05, 0) is 37.4 Å². The summed E-state index contributed by atoms with van der Waals surface area (Å²) in [7, 11) is 0. The Morgan fingerprint density at radius 3 is 2.34 bits per heavy atom. The number of benzene rings is 2. The van der Waals surface area contributed by atoms with Gasteiger partial charge in [0.05, 0.1) is 16.5 Å². The highest BCUT2D eigenvalue weighted by Gasteiger charge is 2.32. The molecular formula is C21H25N3O5. The molecule has 0 saturated carbocycles. The minimum Gasteiger partial charge on any atom is -0.507 e.